The number of nitrogens with one attached hydrogen (secondary N) is 1. The zero-order valence-electron chi connectivity index (χ0n) is 8.22. The number of hydrogen-bond acceptors (Lipinski definition) is 4. The molecule has 9 heteroatoms. The Labute approximate surface area is 92.0 Å². The van der Waals surface area contributed by atoms with Crippen molar-refractivity contribution in [3.05, 3.63) is 11.7 Å². The van der Waals surface area contributed by atoms with Crippen molar-refractivity contribution in [2.75, 3.05) is 6.54 Å². The van der Waals surface area contributed by atoms with Gasteiger partial charge in [0.15, 0.2) is 0 Å². The van der Waals surface area contributed by atoms with Crippen LogP contribution >= 0.6 is 0 Å². The van der Waals surface area contributed by atoms with E-state index in [0.29, 0.717) is 0 Å². The summed E-state index contributed by atoms with van der Waals surface area (Å²) in [6.45, 7) is -0.270. The van der Waals surface area contributed by atoms with Gasteiger partial charge in [-0.05, 0) is 6.42 Å². The van der Waals surface area contributed by atoms with E-state index in [9.17, 15) is 26.7 Å². The molecule has 1 aliphatic heterocycles. The Morgan fingerprint density at radius 3 is 2.47 bits per heavy atom. The number of carbonyl (C=O) groups excluding carboxylic acids is 1. The molecule has 0 aromatic carbocycles. The second kappa shape index (κ2) is 4.96. The van der Waals surface area contributed by atoms with Crippen LogP contribution in [0.4, 0.5) is 22.0 Å². The van der Waals surface area contributed by atoms with Crippen molar-refractivity contribution in [1.29, 1.82) is 0 Å². The van der Waals surface area contributed by atoms with Gasteiger partial charge in [0.05, 0.1) is 6.04 Å². The molecule has 98 valence electrons. The molecule has 17 heavy (non-hydrogen) atoms. The summed E-state index contributed by atoms with van der Waals surface area (Å²) < 4.78 is 63.2. The molecule has 1 rings (SSSR count). The molecule has 2 atom stereocenters. The van der Waals surface area contributed by atoms with E-state index in [4.69, 9.17) is 5.11 Å². The largest absolute Gasteiger partial charge is 0.491 e. The van der Waals surface area contributed by atoms with Gasteiger partial charge in [0.1, 0.15) is 0 Å². The van der Waals surface area contributed by atoms with Crippen LogP contribution in [-0.2, 0) is 9.53 Å². The maximum atomic E-state index is 12.1. The van der Waals surface area contributed by atoms with Crippen molar-refractivity contribution < 1.29 is 36.6 Å². The third kappa shape index (κ3) is 3.63. The highest BCUT2D eigenvalue weighted by atomic mass is 19.4. The summed E-state index contributed by atoms with van der Waals surface area (Å²) in [6, 6.07) is -1.17. The molecule has 4 nitrogen and oxygen atoms in total. The molecule has 0 aliphatic carbocycles. The van der Waals surface area contributed by atoms with Gasteiger partial charge in [-0.15, -0.1) is 0 Å². The Hall–Kier alpha value is -1.22. The third-order valence-corrected chi connectivity index (χ3v) is 2.11. The number of alkyl halides is 3. The van der Waals surface area contributed by atoms with E-state index in [1.165, 1.54) is 0 Å². The van der Waals surface area contributed by atoms with Gasteiger partial charge in [0.25, 0.3) is 6.08 Å². The van der Waals surface area contributed by atoms with Crippen molar-refractivity contribution >= 4 is 5.97 Å². The minimum atomic E-state index is -5.23. The van der Waals surface area contributed by atoms with E-state index in [2.05, 4.69) is 10.1 Å². The average Bonchev–Trinajstić information content (AvgIpc) is 2.64. The second-order valence-corrected chi connectivity index (χ2v) is 3.35. The summed E-state index contributed by atoms with van der Waals surface area (Å²) in [5.41, 5.74) is -0.336. The summed E-state index contributed by atoms with van der Waals surface area (Å²) in [5, 5.41) is 11.4. The van der Waals surface area contributed by atoms with Crippen molar-refractivity contribution in [2.45, 2.75) is 24.9 Å². The fourth-order valence-corrected chi connectivity index (χ4v) is 1.27. The molecule has 0 spiro atoms. The number of aliphatic hydroxyl groups excluding tert-OH is 1. The van der Waals surface area contributed by atoms with E-state index < -0.39 is 30.6 Å². The SMILES string of the molecule is O=C(OC(O)[C@H]1CC(=C(F)F)CN1)C(F)(F)F. The number of carbonyl (C=O) groups is 1. The van der Waals surface area contributed by atoms with E-state index >= 15 is 0 Å². The van der Waals surface area contributed by atoms with E-state index in [-0.39, 0.29) is 18.5 Å². The summed E-state index contributed by atoms with van der Waals surface area (Å²) >= 11 is 0. The summed E-state index contributed by atoms with van der Waals surface area (Å²) in [6.07, 6.45) is -9.70. The highest BCUT2D eigenvalue weighted by Crippen LogP contribution is 2.23. The molecular formula is C8H8F5NO3. The molecule has 2 N–H and O–H groups in total. The normalized spacial score (nSPS) is 22.5. The molecule has 0 bridgehead atoms. The number of halogens is 5. The van der Waals surface area contributed by atoms with Crippen LogP contribution in [0.1, 0.15) is 6.42 Å². The molecule has 1 fully saturated rings. The maximum absolute atomic E-state index is 12.1. The van der Waals surface area contributed by atoms with Crippen LogP contribution in [0.15, 0.2) is 11.7 Å². The Morgan fingerprint density at radius 1 is 1.47 bits per heavy atom. The Bertz CT molecular complexity index is 337. The van der Waals surface area contributed by atoms with Crippen molar-refractivity contribution in [1.82, 2.24) is 5.32 Å². The molecule has 0 radical (unpaired) electrons. The molecule has 0 saturated carbocycles. The summed E-state index contributed by atoms with van der Waals surface area (Å²) in [4.78, 5) is 10.4. The zero-order valence-corrected chi connectivity index (χ0v) is 8.22. The quantitative estimate of drug-likeness (QED) is 0.441. The van der Waals surface area contributed by atoms with Gasteiger partial charge in [0.2, 0.25) is 6.29 Å². The molecule has 1 unspecified atom stereocenters. The maximum Gasteiger partial charge on any atom is 0.491 e. The van der Waals surface area contributed by atoms with Crippen molar-refractivity contribution in [2.24, 2.45) is 0 Å². The number of esters is 1. The summed E-state index contributed by atoms with van der Waals surface area (Å²) in [5.74, 6) is -2.56. The Kier molecular flexibility index (Phi) is 4.04. The van der Waals surface area contributed by atoms with E-state index in [1.807, 2.05) is 0 Å². The van der Waals surface area contributed by atoms with Crippen molar-refractivity contribution in [3.8, 4) is 0 Å². The number of ether oxygens (including phenoxy) is 1. The number of aliphatic hydroxyl groups is 1. The van der Waals surface area contributed by atoms with Gasteiger partial charge in [0, 0.05) is 12.1 Å². The lowest BCUT2D eigenvalue weighted by atomic mass is 10.1. The topological polar surface area (TPSA) is 58.6 Å². The van der Waals surface area contributed by atoms with Gasteiger partial charge < -0.3 is 15.2 Å². The molecule has 0 aromatic rings. The van der Waals surface area contributed by atoms with Crippen molar-refractivity contribution in [3.63, 3.8) is 0 Å². The highest BCUT2D eigenvalue weighted by Gasteiger charge is 2.43. The Balaban J connectivity index is 2.54. The van der Waals surface area contributed by atoms with Crippen LogP contribution in [0.2, 0.25) is 0 Å². The fraction of sp³-hybridized carbons (Fsp3) is 0.625. The standard InChI is InChI=1S/C8H8F5NO3/c9-5(10)3-1-4(14-2-3)6(15)17-7(16)8(11,12)13/h4,6,14-15H,1-2H2/t4-,6?/m1/s1. The molecule has 0 amide bonds. The van der Waals surface area contributed by atoms with Crippen LogP contribution < -0.4 is 5.32 Å². The predicted octanol–water partition coefficient (Wildman–Crippen LogP) is 0.923. The minimum absolute atomic E-state index is 0.270. The smallest absolute Gasteiger partial charge is 0.428 e. The molecule has 1 saturated heterocycles. The molecule has 0 aromatic heterocycles. The van der Waals surface area contributed by atoms with Crippen LogP contribution in [0, 0.1) is 0 Å². The number of rotatable bonds is 2. The minimum Gasteiger partial charge on any atom is -0.428 e. The van der Waals surface area contributed by atoms with Crippen LogP contribution in [0.5, 0.6) is 0 Å². The van der Waals surface area contributed by atoms with Crippen LogP contribution in [0.25, 0.3) is 0 Å². The fourth-order valence-electron chi connectivity index (χ4n) is 1.27. The molecular weight excluding hydrogens is 253 g/mol. The van der Waals surface area contributed by atoms with Gasteiger partial charge in [-0.2, -0.15) is 22.0 Å². The van der Waals surface area contributed by atoms with Gasteiger partial charge >= 0.3 is 12.1 Å². The second-order valence-electron chi connectivity index (χ2n) is 3.35. The van der Waals surface area contributed by atoms with E-state index in [0.717, 1.165) is 0 Å². The van der Waals surface area contributed by atoms with Gasteiger partial charge in [-0.25, -0.2) is 4.79 Å². The number of hydrogen-bond donors (Lipinski definition) is 2. The summed E-state index contributed by atoms with van der Waals surface area (Å²) in [7, 11) is 0. The first kappa shape index (κ1) is 13.8. The Morgan fingerprint density at radius 2 is 2.06 bits per heavy atom. The zero-order chi connectivity index (χ0) is 13.2. The lowest BCUT2D eigenvalue weighted by molar-refractivity contribution is -0.222. The first-order valence-electron chi connectivity index (χ1n) is 4.44. The molecule has 1 aliphatic rings. The third-order valence-electron chi connectivity index (χ3n) is 2.11. The first-order chi connectivity index (χ1) is 7.71. The monoisotopic (exact) mass is 261 g/mol. The van der Waals surface area contributed by atoms with Gasteiger partial charge in [-0.3, -0.25) is 0 Å². The average molecular weight is 261 g/mol. The lowest BCUT2D eigenvalue weighted by Gasteiger charge is -2.18. The van der Waals surface area contributed by atoms with Crippen LogP contribution in [-0.4, -0.2) is 36.1 Å². The first-order valence-corrected chi connectivity index (χ1v) is 4.44. The predicted molar refractivity (Wildman–Crippen MR) is 43.8 cm³/mol. The lowest BCUT2D eigenvalue weighted by Crippen LogP contribution is -2.40. The molecule has 1 heterocycles. The highest BCUT2D eigenvalue weighted by molar-refractivity contribution is 5.75. The van der Waals surface area contributed by atoms with E-state index in [1.54, 1.807) is 0 Å². The van der Waals surface area contributed by atoms with Crippen LogP contribution in [0.3, 0.4) is 0 Å². The van der Waals surface area contributed by atoms with Gasteiger partial charge in [-0.1, -0.05) is 0 Å².